The predicted octanol–water partition coefficient (Wildman–Crippen LogP) is 6.82. The minimum absolute atomic E-state index is 0.138. The number of hydrogen-bond donors (Lipinski definition) is 1. The highest BCUT2D eigenvalue weighted by molar-refractivity contribution is 5.44. The van der Waals surface area contributed by atoms with Crippen LogP contribution in [0.1, 0.15) is 61.3 Å². The third-order valence-electron chi connectivity index (χ3n) is 7.72. The average molecular weight is 426 g/mol. The number of benzene rings is 3. The lowest BCUT2D eigenvalue weighted by molar-refractivity contribution is 0.164. The summed E-state index contributed by atoms with van der Waals surface area (Å²) in [6.45, 7) is 4.07. The number of fused-ring (bicyclic) bond motifs is 4. The molecule has 0 saturated heterocycles. The van der Waals surface area contributed by atoms with Gasteiger partial charge in [-0.25, -0.2) is 0 Å². The molecule has 0 amide bonds. The van der Waals surface area contributed by atoms with E-state index in [0.717, 1.165) is 12.3 Å². The molecule has 1 N–H and O–H groups in total. The summed E-state index contributed by atoms with van der Waals surface area (Å²) >= 11 is 0. The Bertz CT molecular complexity index is 1020. The maximum absolute atomic E-state index is 6.24. The van der Waals surface area contributed by atoms with Gasteiger partial charge in [-0.1, -0.05) is 92.9 Å². The lowest BCUT2D eigenvalue weighted by atomic mass is 9.59. The van der Waals surface area contributed by atoms with Crippen molar-refractivity contribution in [2.45, 2.75) is 70.1 Å². The number of rotatable bonds is 6. The third-order valence-corrected chi connectivity index (χ3v) is 7.72. The van der Waals surface area contributed by atoms with Crippen molar-refractivity contribution in [2.24, 2.45) is 5.92 Å². The normalized spacial score (nSPS) is 24.8. The van der Waals surface area contributed by atoms with Gasteiger partial charge in [-0.2, -0.15) is 0 Å². The van der Waals surface area contributed by atoms with Crippen LogP contribution in [0.4, 0.5) is 0 Å². The van der Waals surface area contributed by atoms with Crippen LogP contribution >= 0.6 is 0 Å². The summed E-state index contributed by atoms with van der Waals surface area (Å²) in [5.41, 5.74) is 5.76. The van der Waals surface area contributed by atoms with Gasteiger partial charge in [-0.15, -0.1) is 0 Å². The highest BCUT2D eigenvalue weighted by Gasteiger charge is 2.45. The molecule has 166 valence electrons. The Labute approximate surface area is 193 Å². The van der Waals surface area contributed by atoms with Gasteiger partial charge in [-0.05, 0) is 59.6 Å². The summed E-state index contributed by atoms with van der Waals surface area (Å²) in [5, 5.41) is 4.03. The van der Waals surface area contributed by atoms with Crippen molar-refractivity contribution in [1.82, 2.24) is 5.32 Å². The molecule has 0 unspecified atom stereocenters. The fraction of sp³-hybridized carbons (Fsp3) is 0.400. The van der Waals surface area contributed by atoms with Crippen LogP contribution in [0.25, 0.3) is 0 Å². The molecule has 1 saturated carbocycles. The average Bonchev–Trinajstić information content (AvgIpc) is 2.83. The molecule has 3 aromatic rings. The molecule has 0 heterocycles. The summed E-state index contributed by atoms with van der Waals surface area (Å²) in [6.07, 6.45) is 7.77. The molecule has 2 aliphatic carbocycles. The van der Waals surface area contributed by atoms with Gasteiger partial charge in [0.1, 0.15) is 12.4 Å². The Morgan fingerprint density at radius 1 is 0.875 bits per heavy atom. The summed E-state index contributed by atoms with van der Waals surface area (Å²) in [6, 6.07) is 28.7. The SMILES string of the molecule is C[C@@]12CCCCC[C@@H](Cc3ccc(OCc4ccccc4)cc31)[C@@H]2NCc1ccccc1. The fourth-order valence-corrected chi connectivity index (χ4v) is 6.03. The first kappa shape index (κ1) is 21.3. The Morgan fingerprint density at radius 3 is 2.41 bits per heavy atom. The van der Waals surface area contributed by atoms with E-state index in [1.165, 1.54) is 60.8 Å². The molecule has 0 radical (unpaired) electrons. The van der Waals surface area contributed by atoms with Crippen LogP contribution in [0.15, 0.2) is 78.9 Å². The van der Waals surface area contributed by atoms with Gasteiger partial charge in [0.15, 0.2) is 0 Å². The molecular weight excluding hydrogens is 390 g/mol. The molecule has 5 rings (SSSR count). The van der Waals surface area contributed by atoms with Gasteiger partial charge in [0.05, 0.1) is 0 Å². The molecule has 3 atom stereocenters. The van der Waals surface area contributed by atoms with Crippen LogP contribution in [0.2, 0.25) is 0 Å². The van der Waals surface area contributed by atoms with Crippen LogP contribution in [-0.2, 0) is 25.0 Å². The highest BCUT2D eigenvalue weighted by Crippen LogP contribution is 2.47. The number of ether oxygens (including phenoxy) is 1. The molecule has 2 bridgehead atoms. The first-order valence-corrected chi connectivity index (χ1v) is 12.3. The van der Waals surface area contributed by atoms with E-state index in [1.807, 2.05) is 0 Å². The van der Waals surface area contributed by atoms with Gasteiger partial charge in [0, 0.05) is 18.0 Å². The van der Waals surface area contributed by atoms with Crippen molar-refractivity contribution in [3.8, 4) is 5.75 Å². The topological polar surface area (TPSA) is 21.3 Å². The van der Waals surface area contributed by atoms with E-state index in [9.17, 15) is 0 Å². The fourth-order valence-electron chi connectivity index (χ4n) is 6.03. The molecule has 0 aromatic heterocycles. The summed E-state index contributed by atoms with van der Waals surface area (Å²) in [5.74, 6) is 1.70. The molecule has 0 spiro atoms. The molecule has 2 aliphatic rings. The smallest absolute Gasteiger partial charge is 0.120 e. The minimum atomic E-state index is 0.138. The van der Waals surface area contributed by atoms with E-state index in [0.29, 0.717) is 18.6 Å². The highest BCUT2D eigenvalue weighted by atomic mass is 16.5. The lowest BCUT2D eigenvalue weighted by Gasteiger charge is -2.49. The van der Waals surface area contributed by atoms with Crippen molar-refractivity contribution in [3.05, 3.63) is 101 Å². The first-order valence-electron chi connectivity index (χ1n) is 12.3. The van der Waals surface area contributed by atoms with E-state index < -0.39 is 0 Å². The van der Waals surface area contributed by atoms with Crippen LogP contribution in [-0.4, -0.2) is 6.04 Å². The maximum atomic E-state index is 6.24. The zero-order valence-corrected chi connectivity index (χ0v) is 19.2. The largest absolute Gasteiger partial charge is 0.489 e. The lowest BCUT2D eigenvalue weighted by Crippen LogP contribution is -2.55. The van der Waals surface area contributed by atoms with E-state index in [2.05, 4.69) is 91.1 Å². The van der Waals surface area contributed by atoms with Gasteiger partial charge >= 0.3 is 0 Å². The molecule has 0 aliphatic heterocycles. The van der Waals surface area contributed by atoms with Crippen LogP contribution < -0.4 is 10.1 Å². The van der Waals surface area contributed by atoms with Gasteiger partial charge in [0.25, 0.3) is 0 Å². The summed E-state index contributed by atoms with van der Waals surface area (Å²) < 4.78 is 6.24. The quantitative estimate of drug-likeness (QED) is 0.468. The van der Waals surface area contributed by atoms with Crippen molar-refractivity contribution in [1.29, 1.82) is 0 Å². The minimum Gasteiger partial charge on any atom is -0.489 e. The Morgan fingerprint density at radius 2 is 1.62 bits per heavy atom. The predicted molar refractivity (Wildman–Crippen MR) is 132 cm³/mol. The molecule has 1 fully saturated rings. The molecular formula is C30H35NO. The zero-order chi connectivity index (χ0) is 21.8. The maximum Gasteiger partial charge on any atom is 0.120 e. The molecule has 2 heteroatoms. The van der Waals surface area contributed by atoms with E-state index >= 15 is 0 Å². The second-order valence-corrected chi connectivity index (χ2v) is 9.92. The van der Waals surface area contributed by atoms with E-state index in [4.69, 9.17) is 4.74 Å². The number of hydrogen-bond acceptors (Lipinski definition) is 2. The molecule has 32 heavy (non-hydrogen) atoms. The zero-order valence-electron chi connectivity index (χ0n) is 19.2. The second-order valence-electron chi connectivity index (χ2n) is 9.92. The first-order chi connectivity index (χ1) is 15.7. The van der Waals surface area contributed by atoms with Gasteiger partial charge in [-0.3, -0.25) is 0 Å². The van der Waals surface area contributed by atoms with Gasteiger partial charge in [0.2, 0.25) is 0 Å². The van der Waals surface area contributed by atoms with Crippen molar-refractivity contribution < 1.29 is 4.74 Å². The van der Waals surface area contributed by atoms with E-state index in [-0.39, 0.29) is 5.41 Å². The standard InChI is InChI=1S/C30H35NO/c1-30-18-10-4-9-15-26(29(30)31-21-23-11-5-2-6-12-23)19-25-16-17-27(20-28(25)30)32-22-24-13-7-3-8-14-24/h2-3,5-8,11-14,16-17,20,26,29,31H,4,9-10,15,18-19,21-22H2,1H3/t26-,29-,30+/m0/s1. The Balaban J connectivity index is 1.42. The van der Waals surface area contributed by atoms with Gasteiger partial charge < -0.3 is 10.1 Å². The third kappa shape index (κ3) is 4.47. The molecule has 3 aromatic carbocycles. The van der Waals surface area contributed by atoms with Crippen molar-refractivity contribution >= 4 is 0 Å². The monoisotopic (exact) mass is 425 g/mol. The summed E-state index contributed by atoms with van der Waals surface area (Å²) in [4.78, 5) is 0. The van der Waals surface area contributed by atoms with E-state index in [1.54, 1.807) is 0 Å². The van der Waals surface area contributed by atoms with Crippen LogP contribution in [0, 0.1) is 5.92 Å². The number of nitrogens with one attached hydrogen (secondary N) is 1. The Kier molecular flexibility index (Phi) is 6.32. The van der Waals surface area contributed by atoms with Crippen LogP contribution in [0.5, 0.6) is 5.75 Å². The Hall–Kier alpha value is -2.58. The van der Waals surface area contributed by atoms with Crippen molar-refractivity contribution in [2.75, 3.05) is 0 Å². The van der Waals surface area contributed by atoms with Crippen molar-refractivity contribution in [3.63, 3.8) is 0 Å². The second kappa shape index (κ2) is 9.50. The van der Waals surface area contributed by atoms with Crippen LogP contribution in [0.3, 0.4) is 0 Å². The molecule has 2 nitrogen and oxygen atoms in total. The summed E-state index contributed by atoms with van der Waals surface area (Å²) in [7, 11) is 0.